The van der Waals surface area contributed by atoms with E-state index in [1.807, 2.05) is 0 Å². The molecule has 0 amide bonds. The highest BCUT2D eigenvalue weighted by Crippen LogP contribution is 2.18. The second-order valence-corrected chi connectivity index (χ2v) is 3.40. The van der Waals surface area contributed by atoms with E-state index in [0.717, 1.165) is 0 Å². The molecule has 4 heteroatoms. The van der Waals surface area contributed by atoms with Crippen LogP contribution in [0.4, 0.5) is 0 Å². The van der Waals surface area contributed by atoms with E-state index in [0.29, 0.717) is 12.8 Å². The molecule has 0 aliphatic rings. The molecular formula is C11H18O4. The summed E-state index contributed by atoms with van der Waals surface area (Å²) in [5.41, 5.74) is 0.220. The van der Waals surface area contributed by atoms with E-state index in [1.54, 1.807) is 0 Å². The normalized spacial score (nSPS) is 14.1. The number of esters is 1. The minimum absolute atomic E-state index is 0.0433. The van der Waals surface area contributed by atoms with Crippen LogP contribution in [0.15, 0.2) is 24.8 Å². The van der Waals surface area contributed by atoms with Gasteiger partial charge >= 0.3 is 5.97 Å². The summed E-state index contributed by atoms with van der Waals surface area (Å²) >= 11 is 0. The zero-order valence-corrected chi connectivity index (χ0v) is 9.03. The molecule has 2 N–H and O–H groups in total. The molecule has 0 saturated heterocycles. The first kappa shape index (κ1) is 13.9. The Balaban J connectivity index is 4.24. The van der Waals surface area contributed by atoms with E-state index in [1.165, 1.54) is 13.0 Å². The molecule has 0 bridgehead atoms. The molecule has 1 atom stereocenters. The SMILES string of the molecule is C=CC(O)(CCCCO)OC(=O)C(=C)C. The van der Waals surface area contributed by atoms with Crippen LogP contribution in [0.1, 0.15) is 26.2 Å². The lowest BCUT2D eigenvalue weighted by atomic mass is 10.1. The summed E-state index contributed by atoms with van der Waals surface area (Å²) in [4.78, 5) is 11.2. The van der Waals surface area contributed by atoms with Gasteiger partial charge in [0, 0.05) is 18.6 Å². The Morgan fingerprint density at radius 3 is 2.53 bits per heavy atom. The predicted molar refractivity (Wildman–Crippen MR) is 57.0 cm³/mol. The van der Waals surface area contributed by atoms with Gasteiger partial charge in [-0.15, -0.1) is 0 Å². The Kier molecular flexibility index (Phi) is 5.89. The number of hydrogen-bond acceptors (Lipinski definition) is 4. The van der Waals surface area contributed by atoms with Crippen LogP contribution in [0.25, 0.3) is 0 Å². The largest absolute Gasteiger partial charge is 0.426 e. The summed E-state index contributed by atoms with van der Waals surface area (Å²) in [6, 6.07) is 0. The van der Waals surface area contributed by atoms with Gasteiger partial charge in [0.25, 0.3) is 0 Å². The lowest BCUT2D eigenvalue weighted by Gasteiger charge is -2.24. The van der Waals surface area contributed by atoms with Crippen LogP contribution in [0, 0.1) is 0 Å². The van der Waals surface area contributed by atoms with E-state index >= 15 is 0 Å². The summed E-state index contributed by atoms with van der Waals surface area (Å²) in [6.45, 7) is 8.36. The molecule has 0 heterocycles. The third kappa shape index (κ3) is 5.34. The molecule has 0 saturated carbocycles. The zero-order valence-electron chi connectivity index (χ0n) is 9.03. The average molecular weight is 214 g/mol. The van der Waals surface area contributed by atoms with Gasteiger partial charge in [-0.25, -0.2) is 4.79 Å². The van der Waals surface area contributed by atoms with Crippen LogP contribution in [-0.4, -0.2) is 28.6 Å². The molecule has 0 aliphatic heterocycles. The minimum atomic E-state index is -1.66. The molecule has 0 aromatic carbocycles. The zero-order chi connectivity index (χ0) is 11.9. The number of carbonyl (C=O) groups excluding carboxylic acids is 1. The molecule has 0 spiro atoms. The van der Waals surface area contributed by atoms with E-state index in [4.69, 9.17) is 9.84 Å². The van der Waals surface area contributed by atoms with Gasteiger partial charge in [0.15, 0.2) is 0 Å². The van der Waals surface area contributed by atoms with Crippen molar-refractivity contribution in [2.75, 3.05) is 6.61 Å². The standard InChI is InChI=1S/C11H18O4/c1-4-11(14,7-5-6-8-12)15-10(13)9(2)3/h4,12,14H,1-2,5-8H2,3H3. The highest BCUT2D eigenvalue weighted by atomic mass is 16.7. The van der Waals surface area contributed by atoms with Crippen molar-refractivity contribution in [2.45, 2.75) is 32.0 Å². The summed E-state index contributed by atoms with van der Waals surface area (Å²) in [5.74, 6) is -2.31. The molecule has 86 valence electrons. The van der Waals surface area contributed by atoms with Crippen molar-refractivity contribution in [3.05, 3.63) is 24.8 Å². The second-order valence-electron chi connectivity index (χ2n) is 3.40. The molecule has 15 heavy (non-hydrogen) atoms. The van der Waals surface area contributed by atoms with Gasteiger partial charge in [-0.3, -0.25) is 0 Å². The monoisotopic (exact) mass is 214 g/mol. The lowest BCUT2D eigenvalue weighted by molar-refractivity contribution is -0.188. The predicted octanol–water partition coefficient (Wildman–Crippen LogP) is 1.14. The molecule has 4 nitrogen and oxygen atoms in total. The fraction of sp³-hybridized carbons (Fsp3) is 0.545. The van der Waals surface area contributed by atoms with Crippen molar-refractivity contribution < 1.29 is 19.7 Å². The van der Waals surface area contributed by atoms with Gasteiger partial charge < -0.3 is 14.9 Å². The van der Waals surface area contributed by atoms with Crippen molar-refractivity contribution in [2.24, 2.45) is 0 Å². The van der Waals surface area contributed by atoms with Gasteiger partial charge in [-0.05, 0) is 25.8 Å². The number of carbonyl (C=O) groups is 1. The van der Waals surface area contributed by atoms with Crippen molar-refractivity contribution >= 4 is 5.97 Å². The van der Waals surface area contributed by atoms with Crippen LogP contribution in [0.5, 0.6) is 0 Å². The first-order chi connectivity index (χ1) is 6.95. The summed E-state index contributed by atoms with van der Waals surface area (Å²) in [5, 5.41) is 18.4. The number of aliphatic hydroxyl groups excluding tert-OH is 1. The number of rotatable bonds is 7. The first-order valence-corrected chi connectivity index (χ1v) is 4.81. The number of hydrogen-bond donors (Lipinski definition) is 2. The molecule has 0 radical (unpaired) electrons. The summed E-state index contributed by atoms with van der Waals surface area (Å²) < 4.78 is 4.81. The average Bonchev–Trinajstić information content (AvgIpc) is 2.18. The molecule has 0 aromatic heterocycles. The Morgan fingerprint density at radius 1 is 1.53 bits per heavy atom. The lowest BCUT2D eigenvalue weighted by Crippen LogP contribution is -2.32. The molecule has 1 unspecified atom stereocenters. The van der Waals surface area contributed by atoms with Crippen molar-refractivity contribution in [1.29, 1.82) is 0 Å². The highest BCUT2D eigenvalue weighted by molar-refractivity contribution is 5.87. The van der Waals surface area contributed by atoms with Crippen LogP contribution in [0.2, 0.25) is 0 Å². The molecular weight excluding hydrogens is 196 g/mol. The van der Waals surface area contributed by atoms with Crippen LogP contribution in [-0.2, 0) is 9.53 Å². The van der Waals surface area contributed by atoms with Gasteiger partial charge in [-0.2, -0.15) is 0 Å². The molecule has 0 aliphatic carbocycles. The van der Waals surface area contributed by atoms with E-state index in [9.17, 15) is 9.90 Å². The van der Waals surface area contributed by atoms with Crippen LogP contribution >= 0.6 is 0 Å². The third-order valence-electron chi connectivity index (χ3n) is 1.88. The van der Waals surface area contributed by atoms with E-state index in [2.05, 4.69) is 13.2 Å². The van der Waals surface area contributed by atoms with Gasteiger partial charge in [0.2, 0.25) is 5.79 Å². The maximum atomic E-state index is 11.2. The quantitative estimate of drug-likeness (QED) is 0.219. The summed E-state index contributed by atoms with van der Waals surface area (Å²) in [7, 11) is 0. The fourth-order valence-corrected chi connectivity index (χ4v) is 0.932. The molecule has 0 fully saturated rings. The third-order valence-corrected chi connectivity index (χ3v) is 1.88. The number of aliphatic hydroxyl groups is 2. The first-order valence-electron chi connectivity index (χ1n) is 4.81. The van der Waals surface area contributed by atoms with Crippen molar-refractivity contribution in [3.8, 4) is 0 Å². The minimum Gasteiger partial charge on any atom is -0.426 e. The van der Waals surface area contributed by atoms with E-state index in [-0.39, 0.29) is 18.6 Å². The number of unbranched alkanes of at least 4 members (excludes halogenated alkanes) is 1. The Hall–Kier alpha value is -1.13. The van der Waals surface area contributed by atoms with E-state index < -0.39 is 11.8 Å². The van der Waals surface area contributed by atoms with Crippen LogP contribution < -0.4 is 0 Å². The Labute approximate surface area is 89.9 Å². The Morgan fingerprint density at radius 2 is 2.13 bits per heavy atom. The second kappa shape index (κ2) is 6.37. The van der Waals surface area contributed by atoms with Crippen LogP contribution in [0.3, 0.4) is 0 Å². The highest BCUT2D eigenvalue weighted by Gasteiger charge is 2.27. The van der Waals surface area contributed by atoms with Gasteiger partial charge in [0.05, 0.1) is 0 Å². The fourth-order valence-electron chi connectivity index (χ4n) is 0.932. The maximum absolute atomic E-state index is 11.2. The molecule has 0 aromatic rings. The maximum Gasteiger partial charge on any atom is 0.335 e. The molecule has 0 rings (SSSR count). The Bertz CT molecular complexity index is 247. The topological polar surface area (TPSA) is 66.8 Å². The van der Waals surface area contributed by atoms with Gasteiger partial charge in [0.1, 0.15) is 0 Å². The van der Waals surface area contributed by atoms with Crippen molar-refractivity contribution in [3.63, 3.8) is 0 Å². The summed E-state index contributed by atoms with van der Waals surface area (Å²) in [6.07, 6.45) is 2.48. The number of ether oxygens (including phenoxy) is 1. The van der Waals surface area contributed by atoms with Gasteiger partial charge in [-0.1, -0.05) is 13.2 Å². The van der Waals surface area contributed by atoms with Crippen molar-refractivity contribution in [1.82, 2.24) is 0 Å². The smallest absolute Gasteiger partial charge is 0.335 e.